The Labute approximate surface area is 133 Å². The summed E-state index contributed by atoms with van der Waals surface area (Å²) in [5, 5.41) is 0. The van der Waals surface area contributed by atoms with Crippen LogP contribution in [-0.2, 0) is 9.31 Å². The fourth-order valence-electron chi connectivity index (χ4n) is 2.98. The molecular formula is C17H26BNO3. The number of aromatic nitrogens is 1. The lowest BCUT2D eigenvalue weighted by atomic mass is 9.80. The van der Waals surface area contributed by atoms with Crippen LogP contribution in [0.25, 0.3) is 0 Å². The van der Waals surface area contributed by atoms with Crippen LogP contribution in [0.3, 0.4) is 0 Å². The van der Waals surface area contributed by atoms with Gasteiger partial charge in [-0.2, -0.15) is 0 Å². The van der Waals surface area contributed by atoms with Crippen LogP contribution in [-0.4, -0.2) is 29.9 Å². The average molecular weight is 303 g/mol. The van der Waals surface area contributed by atoms with E-state index in [1.54, 1.807) is 6.20 Å². The standard InChI is InChI=1S/C17H26BNO3/c1-16(2)17(3,4)22-18(21-16)14-9-10-15(19-11-14)20-12-13-7-5-6-8-13/h9-11,13H,5-8,12H2,1-4H3. The van der Waals surface area contributed by atoms with Crippen molar-refractivity contribution in [2.45, 2.75) is 64.6 Å². The Bertz CT molecular complexity index is 493. The number of hydrogen-bond donors (Lipinski definition) is 0. The Hall–Kier alpha value is -1.07. The fourth-order valence-corrected chi connectivity index (χ4v) is 2.98. The van der Waals surface area contributed by atoms with Crippen molar-refractivity contribution in [2.24, 2.45) is 5.92 Å². The van der Waals surface area contributed by atoms with Gasteiger partial charge in [0.2, 0.25) is 5.88 Å². The lowest BCUT2D eigenvalue weighted by molar-refractivity contribution is 0.00578. The molecule has 120 valence electrons. The topological polar surface area (TPSA) is 40.6 Å². The highest BCUT2D eigenvalue weighted by molar-refractivity contribution is 6.62. The number of ether oxygens (including phenoxy) is 1. The maximum absolute atomic E-state index is 6.03. The van der Waals surface area contributed by atoms with Crippen LogP contribution in [0.1, 0.15) is 53.4 Å². The molecule has 1 aromatic rings. The van der Waals surface area contributed by atoms with E-state index in [-0.39, 0.29) is 18.3 Å². The van der Waals surface area contributed by atoms with Crippen LogP contribution in [0, 0.1) is 5.92 Å². The molecule has 0 radical (unpaired) electrons. The first kappa shape index (κ1) is 15.8. The van der Waals surface area contributed by atoms with Crippen LogP contribution in [0.5, 0.6) is 5.88 Å². The normalized spacial score (nSPS) is 23.9. The van der Waals surface area contributed by atoms with E-state index in [0.29, 0.717) is 11.8 Å². The molecule has 0 atom stereocenters. The van der Waals surface area contributed by atoms with Gasteiger partial charge in [-0.1, -0.05) is 18.9 Å². The van der Waals surface area contributed by atoms with Gasteiger partial charge in [-0.15, -0.1) is 0 Å². The summed E-state index contributed by atoms with van der Waals surface area (Å²) in [6.07, 6.45) is 7.04. The fraction of sp³-hybridized carbons (Fsp3) is 0.706. The van der Waals surface area contributed by atoms with E-state index in [4.69, 9.17) is 14.0 Å². The molecule has 1 aliphatic carbocycles. The number of hydrogen-bond acceptors (Lipinski definition) is 4. The predicted octanol–water partition coefficient (Wildman–Crippen LogP) is 2.95. The summed E-state index contributed by atoms with van der Waals surface area (Å²) in [4.78, 5) is 4.40. The summed E-state index contributed by atoms with van der Waals surface area (Å²) in [5.41, 5.74) is 0.289. The molecule has 1 aromatic heterocycles. The molecule has 0 bridgehead atoms. The molecule has 2 fully saturated rings. The van der Waals surface area contributed by atoms with Crippen molar-refractivity contribution < 1.29 is 14.0 Å². The lowest BCUT2D eigenvalue weighted by Gasteiger charge is -2.32. The van der Waals surface area contributed by atoms with Gasteiger partial charge in [0.25, 0.3) is 0 Å². The molecule has 1 saturated heterocycles. The SMILES string of the molecule is CC1(C)OB(c2ccc(OCC3CCCC3)nc2)OC1(C)C. The Morgan fingerprint density at radius 1 is 1.14 bits per heavy atom. The van der Waals surface area contributed by atoms with Crippen molar-refractivity contribution in [1.29, 1.82) is 0 Å². The van der Waals surface area contributed by atoms with E-state index < -0.39 is 0 Å². The van der Waals surface area contributed by atoms with Crippen molar-refractivity contribution in [2.75, 3.05) is 6.61 Å². The number of pyridine rings is 1. The second-order valence-corrected chi connectivity index (χ2v) is 7.48. The minimum Gasteiger partial charge on any atom is -0.477 e. The summed E-state index contributed by atoms with van der Waals surface area (Å²) < 4.78 is 17.9. The van der Waals surface area contributed by atoms with Crippen LogP contribution in [0.15, 0.2) is 18.3 Å². The van der Waals surface area contributed by atoms with Crippen LogP contribution >= 0.6 is 0 Å². The molecule has 2 aliphatic rings. The monoisotopic (exact) mass is 303 g/mol. The van der Waals surface area contributed by atoms with E-state index in [9.17, 15) is 0 Å². The van der Waals surface area contributed by atoms with Gasteiger partial charge in [0.1, 0.15) is 0 Å². The number of rotatable bonds is 4. The van der Waals surface area contributed by atoms with Gasteiger partial charge in [-0.05, 0) is 52.5 Å². The molecule has 4 nitrogen and oxygen atoms in total. The number of nitrogens with zero attached hydrogens (tertiary/aromatic N) is 1. The Morgan fingerprint density at radius 2 is 1.77 bits per heavy atom. The summed E-state index contributed by atoms with van der Waals surface area (Å²) in [6, 6.07) is 3.90. The second kappa shape index (κ2) is 5.86. The zero-order valence-corrected chi connectivity index (χ0v) is 14.1. The lowest BCUT2D eigenvalue weighted by Crippen LogP contribution is -2.41. The highest BCUT2D eigenvalue weighted by Gasteiger charge is 2.51. The van der Waals surface area contributed by atoms with Gasteiger partial charge in [-0.3, -0.25) is 0 Å². The maximum Gasteiger partial charge on any atom is 0.496 e. The maximum atomic E-state index is 6.03. The molecule has 0 unspecified atom stereocenters. The van der Waals surface area contributed by atoms with Crippen LogP contribution < -0.4 is 10.2 Å². The minimum atomic E-state index is -0.360. The third-order valence-electron chi connectivity index (χ3n) is 5.23. The molecule has 22 heavy (non-hydrogen) atoms. The zero-order valence-electron chi connectivity index (χ0n) is 14.1. The Morgan fingerprint density at radius 3 is 2.32 bits per heavy atom. The van der Waals surface area contributed by atoms with Crippen molar-refractivity contribution in [3.63, 3.8) is 0 Å². The molecule has 1 saturated carbocycles. The Balaban J connectivity index is 1.60. The van der Waals surface area contributed by atoms with Gasteiger partial charge < -0.3 is 14.0 Å². The van der Waals surface area contributed by atoms with Crippen molar-refractivity contribution in [3.8, 4) is 5.88 Å². The molecule has 3 rings (SSSR count). The molecule has 0 spiro atoms. The Kier molecular flexibility index (Phi) is 4.21. The first-order valence-electron chi connectivity index (χ1n) is 8.32. The third-order valence-corrected chi connectivity index (χ3v) is 5.23. The van der Waals surface area contributed by atoms with Crippen molar-refractivity contribution >= 4 is 12.6 Å². The third kappa shape index (κ3) is 3.16. The van der Waals surface area contributed by atoms with E-state index in [2.05, 4.69) is 32.7 Å². The predicted molar refractivity (Wildman–Crippen MR) is 87.4 cm³/mol. The van der Waals surface area contributed by atoms with Gasteiger partial charge in [0, 0.05) is 11.7 Å². The highest BCUT2D eigenvalue weighted by Crippen LogP contribution is 2.36. The molecule has 0 amide bonds. The molecule has 2 heterocycles. The quantitative estimate of drug-likeness (QED) is 0.802. The summed E-state index contributed by atoms with van der Waals surface area (Å²) in [6.45, 7) is 9.00. The van der Waals surface area contributed by atoms with E-state index >= 15 is 0 Å². The van der Waals surface area contributed by atoms with Gasteiger partial charge in [0.05, 0.1) is 17.8 Å². The first-order chi connectivity index (χ1) is 10.4. The molecule has 0 aromatic carbocycles. The van der Waals surface area contributed by atoms with Crippen molar-refractivity contribution in [1.82, 2.24) is 4.98 Å². The highest BCUT2D eigenvalue weighted by atomic mass is 16.7. The summed E-state index contributed by atoms with van der Waals surface area (Å²) in [5.74, 6) is 1.39. The molecular weight excluding hydrogens is 277 g/mol. The summed E-state index contributed by atoms with van der Waals surface area (Å²) in [7, 11) is -0.360. The van der Waals surface area contributed by atoms with Crippen LogP contribution in [0.4, 0.5) is 0 Å². The second-order valence-electron chi connectivity index (χ2n) is 7.48. The molecule has 5 heteroatoms. The van der Waals surface area contributed by atoms with E-state index in [1.165, 1.54) is 25.7 Å². The molecule has 1 aliphatic heterocycles. The first-order valence-corrected chi connectivity index (χ1v) is 8.32. The minimum absolute atomic E-state index is 0.324. The van der Waals surface area contributed by atoms with Gasteiger partial charge in [-0.25, -0.2) is 4.98 Å². The van der Waals surface area contributed by atoms with Gasteiger partial charge >= 0.3 is 7.12 Å². The average Bonchev–Trinajstić information content (AvgIpc) is 3.04. The van der Waals surface area contributed by atoms with Crippen molar-refractivity contribution in [3.05, 3.63) is 18.3 Å². The van der Waals surface area contributed by atoms with E-state index in [1.807, 2.05) is 12.1 Å². The van der Waals surface area contributed by atoms with Gasteiger partial charge in [0.15, 0.2) is 0 Å². The largest absolute Gasteiger partial charge is 0.496 e. The molecule has 0 N–H and O–H groups in total. The summed E-state index contributed by atoms with van der Waals surface area (Å²) >= 11 is 0. The van der Waals surface area contributed by atoms with E-state index in [0.717, 1.165) is 12.1 Å². The zero-order chi connectivity index (χ0) is 15.8. The smallest absolute Gasteiger partial charge is 0.477 e. The van der Waals surface area contributed by atoms with Crippen LogP contribution in [0.2, 0.25) is 0 Å².